The van der Waals surface area contributed by atoms with Crippen LogP contribution in [0.1, 0.15) is 5.56 Å². The van der Waals surface area contributed by atoms with Gasteiger partial charge in [0.05, 0.1) is 0 Å². The fraction of sp³-hybridized carbons (Fsp3) is 0.143. The quantitative estimate of drug-likeness (QED) is 0.427. The van der Waals surface area contributed by atoms with E-state index in [0.29, 0.717) is 5.56 Å². The third kappa shape index (κ3) is 5.09. The number of hydrogen-bond donors (Lipinski definition) is 1. The minimum absolute atomic E-state index is 0. The molecule has 0 heterocycles. The average Bonchev–Trinajstić information content (AvgIpc) is 1.85. The Kier molecular flexibility index (Phi) is 5.34. The molecule has 60 valence electrons. The summed E-state index contributed by atoms with van der Waals surface area (Å²) in [6, 6.07) is 8.55. The molecule has 1 aromatic rings. The van der Waals surface area contributed by atoms with Crippen molar-refractivity contribution in [1.82, 2.24) is 0 Å². The monoisotopic (exact) mass is 194 g/mol. The van der Waals surface area contributed by atoms with Crippen LogP contribution in [-0.4, -0.2) is 4.89 Å². The molecule has 5 heteroatoms. The van der Waals surface area contributed by atoms with Gasteiger partial charge in [-0.3, -0.25) is 0 Å². The molecule has 1 unspecified atom stereocenters. The summed E-state index contributed by atoms with van der Waals surface area (Å²) in [7, 11) is -4.14. The van der Waals surface area contributed by atoms with E-state index in [1.54, 1.807) is 30.3 Å². The summed E-state index contributed by atoms with van der Waals surface area (Å²) in [5.74, 6) is 0. The van der Waals surface area contributed by atoms with Gasteiger partial charge >= 0.3 is 29.6 Å². The van der Waals surface area contributed by atoms with Crippen molar-refractivity contribution < 1.29 is 43.9 Å². The minimum Gasteiger partial charge on any atom is -0.778 e. The smallest absolute Gasteiger partial charge is 0.778 e. The van der Waals surface area contributed by atoms with Crippen LogP contribution < -0.4 is 34.5 Å². The van der Waals surface area contributed by atoms with E-state index in [1.165, 1.54) is 0 Å². The zero-order chi connectivity index (χ0) is 8.32. The van der Waals surface area contributed by atoms with Gasteiger partial charge in [0.15, 0.2) is 0 Å². The van der Waals surface area contributed by atoms with Crippen molar-refractivity contribution in [1.29, 1.82) is 0 Å². The first-order valence-corrected chi connectivity index (χ1v) is 4.91. The van der Waals surface area contributed by atoms with Crippen molar-refractivity contribution in [2.75, 3.05) is 0 Å². The predicted octanol–water partition coefficient (Wildman–Crippen LogP) is -2.26. The average molecular weight is 194 g/mol. The number of benzene rings is 1. The number of rotatable bonds is 2. The maximum atomic E-state index is 10.4. The SMILES string of the molecule is O=P([O-])(O)Cc1ccccc1.[Na+]. The topological polar surface area (TPSA) is 60.4 Å². The Hall–Kier alpha value is 0.370. The van der Waals surface area contributed by atoms with Crippen LogP contribution in [0, 0.1) is 0 Å². The maximum absolute atomic E-state index is 10.4. The van der Waals surface area contributed by atoms with E-state index in [9.17, 15) is 9.46 Å². The molecule has 0 aliphatic rings. The van der Waals surface area contributed by atoms with E-state index in [2.05, 4.69) is 0 Å². The summed E-state index contributed by atoms with van der Waals surface area (Å²) in [4.78, 5) is 18.9. The van der Waals surface area contributed by atoms with Crippen molar-refractivity contribution in [2.24, 2.45) is 0 Å². The van der Waals surface area contributed by atoms with E-state index in [0.717, 1.165) is 0 Å². The number of hydrogen-bond acceptors (Lipinski definition) is 2. The first kappa shape index (κ1) is 12.4. The van der Waals surface area contributed by atoms with Gasteiger partial charge in [-0.15, -0.1) is 0 Å². The van der Waals surface area contributed by atoms with Crippen LogP contribution in [0.4, 0.5) is 0 Å². The summed E-state index contributed by atoms with van der Waals surface area (Å²) >= 11 is 0. The largest absolute Gasteiger partial charge is 1.00 e. The molecule has 0 saturated carbocycles. The Morgan fingerprint density at radius 1 is 1.33 bits per heavy atom. The molecule has 0 spiro atoms. The van der Waals surface area contributed by atoms with E-state index >= 15 is 0 Å². The van der Waals surface area contributed by atoms with Gasteiger partial charge < -0.3 is 14.4 Å². The van der Waals surface area contributed by atoms with Crippen LogP contribution in [0.3, 0.4) is 0 Å². The minimum atomic E-state index is -4.14. The molecule has 0 amide bonds. The Morgan fingerprint density at radius 3 is 2.25 bits per heavy atom. The maximum Gasteiger partial charge on any atom is 1.00 e. The van der Waals surface area contributed by atoms with Crippen molar-refractivity contribution in [2.45, 2.75) is 6.16 Å². The zero-order valence-corrected chi connectivity index (χ0v) is 9.70. The Morgan fingerprint density at radius 2 is 1.83 bits per heavy atom. The van der Waals surface area contributed by atoms with E-state index in [1.807, 2.05) is 0 Å². The van der Waals surface area contributed by atoms with Gasteiger partial charge in [0.1, 0.15) is 7.60 Å². The van der Waals surface area contributed by atoms with E-state index < -0.39 is 7.60 Å². The molecule has 12 heavy (non-hydrogen) atoms. The fourth-order valence-corrected chi connectivity index (χ4v) is 1.49. The second kappa shape index (κ2) is 5.18. The first-order chi connectivity index (χ1) is 5.08. The molecule has 1 aromatic carbocycles. The molecule has 1 rings (SSSR count). The van der Waals surface area contributed by atoms with Crippen LogP contribution in [0.25, 0.3) is 0 Å². The van der Waals surface area contributed by atoms with Gasteiger partial charge in [0, 0.05) is 6.16 Å². The molecule has 0 bridgehead atoms. The van der Waals surface area contributed by atoms with Gasteiger partial charge in [-0.1, -0.05) is 30.3 Å². The standard InChI is InChI=1S/C7H9O3P.Na/c8-11(9,10)6-7-4-2-1-3-5-7;/h1-5H,6H2,(H2,8,9,10);/q;+1/p-1. The molecule has 3 nitrogen and oxygen atoms in total. The van der Waals surface area contributed by atoms with E-state index in [-0.39, 0.29) is 35.7 Å². The zero-order valence-electron chi connectivity index (χ0n) is 6.80. The fourth-order valence-electron chi connectivity index (χ4n) is 0.814. The van der Waals surface area contributed by atoms with Crippen molar-refractivity contribution >= 4 is 7.60 Å². The molecule has 0 saturated heterocycles. The third-order valence-corrected chi connectivity index (χ3v) is 1.99. The van der Waals surface area contributed by atoms with Gasteiger partial charge in [0.2, 0.25) is 0 Å². The van der Waals surface area contributed by atoms with Crippen molar-refractivity contribution in [3.05, 3.63) is 35.9 Å². The molecule has 0 radical (unpaired) electrons. The van der Waals surface area contributed by atoms with Gasteiger partial charge in [-0.05, 0) is 5.56 Å². The molecule has 1 atom stereocenters. The van der Waals surface area contributed by atoms with Crippen LogP contribution >= 0.6 is 7.60 Å². The van der Waals surface area contributed by atoms with Crippen LogP contribution in [-0.2, 0) is 10.7 Å². The molecule has 0 aliphatic carbocycles. The summed E-state index contributed by atoms with van der Waals surface area (Å²) in [6.07, 6.45) is -0.284. The normalized spacial score (nSPS) is 14.5. The van der Waals surface area contributed by atoms with Crippen molar-refractivity contribution in [3.8, 4) is 0 Å². The predicted molar refractivity (Wildman–Crippen MR) is 40.0 cm³/mol. The second-order valence-electron chi connectivity index (χ2n) is 2.28. The van der Waals surface area contributed by atoms with Gasteiger partial charge in [-0.25, -0.2) is 0 Å². The summed E-state index contributed by atoms with van der Waals surface area (Å²) in [6.45, 7) is 0. The van der Waals surface area contributed by atoms with Gasteiger partial charge in [0.25, 0.3) is 0 Å². The Labute approximate surface area is 93.3 Å². The van der Waals surface area contributed by atoms with Crippen LogP contribution in [0.5, 0.6) is 0 Å². The summed E-state index contributed by atoms with van der Waals surface area (Å²) < 4.78 is 10.4. The van der Waals surface area contributed by atoms with Crippen molar-refractivity contribution in [3.63, 3.8) is 0 Å². The summed E-state index contributed by atoms with van der Waals surface area (Å²) in [5, 5.41) is 0. The molecule has 0 fully saturated rings. The van der Waals surface area contributed by atoms with Crippen LogP contribution in [0.15, 0.2) is 30.3 Å². The molecular formula is C7H8NaO3P. The third-order valence-electron chi connectivity index (χ3n) is 1.23. The van der Waals surface area contributed by atoms with Gasteiger partial charge in [-0.2, -0.15) is 0 Å². The first-order valence-electron chi connectivity index (χ1n) is 3.15. The molecule has 0 aromatic heterocycles. The van der Waals surface area contributed by atoms with E-state index in [4.69, 9.17) is 4.89 Å². The molecule has 1 N–H and O–H groups in total. The summed E-state index contributed by atoms with van der Waals surface area (Å²) in [5.41, 5.74) is 0.605. The van der Waals surface area contributed by atoms with Crippen LogP contribution in [0.2, 0.25) is 0 Å². The molecule has 0 aliphatic heterocycles. The molecular weight excluding hydrogens is 186 g/mol. The Balaban J connectivity index is 0.00000121. The second-order valence-corrected chi connectivity index (χ2v) is 3.87. The Bertz CT molecular complexity index is 269.